The second-order valence-corrected chi connectivity index (χ2v) is 18.1. The SMILES string of the molecule is C=C[C@@H]1C[C@]1(NC(=O)[C@@H]1CCCN1C(=O)[C@@H](NC(=O)N1CC(OCCC/C=C/c2cc3ccc(OC)cc3[nH]c2=O)C1)C1CCCCC1)C(=O)NS(=O)(=O)C1CC1. The molecule has 2 aliphatic heterocycles. The minimum absolute atomic E-state index is 0.0760. The Morgan fingerprint density at radius 1 is 1.05 bits per heavy atom. The maximum atomic E-state index is 14.3. The largest absolute Gasteiger partial charge is 0.497 e. The predicted molar refractivity (Wildman–Crippen MR) is 214 cm³/mol. The van der Waals surface area contributed by atoms with Crippen LogP contribution in [0.2, 0.25) is 0 Å². The van der Waals surface area contributed by atoms with Crippen molar-refractivity contribution in [1.29, 1.82) is 0 Å². The van der Waals surface area contributed by atoms with E-state index in [-0.39, 0.29) is 35.9 Å². The number of hydrogen-bond donors (Lipinski definition) is 4. The fourth-order valence-corrected chi connectivity index (χ4v) is 9.76. The van der Waals surface area contributed by atoms with Crippen LogP contribution in [0, 0.1) is 11.8 Å². The van der Waals surface area contributed by atoms with Gasteiger partial charge in [0.25, 0.3) is 11.5 Å². The van der Waals surface area contributed by atoms with E-state index >= 15 is 0 Å². The molecule has 3 aliphatic carbocycles. The Morgan fingerprint density at radius 3 is 2.53 bits per heavy atom. The first-order valence-corrected chi connectivity index (χ1v) is 21.8. The van der Waals surface area contributed by atoms with Gasteiger partial charge in [-0.2, -0.15) is 0 Å². The van der Waals surface area contributed by atoms with Crippen molar-refractivity contribution in [3.05, 3.63) is 58.9 Å². The fourth-order valence-electron chi connectivity index (χ4n) is 8.39. The maximum absolute atomic E-state index is 14.3. The summed E-state index contributed by atoms with van der Waals surface area (Å²) in [5.41, 5.74) is -0.331. The molecule has 3 heterocycles. The minimum Gasteiger partial charge on any atom is -0.497 e. The lowest BCUT2D eigenvalue weighted by Crippen LogP contribution is -2.63. The van der Waals surface area contributed by atoms with Gasteiger partial charge in [-0.05, 0) is 87.3 Å². The third kappa shape index (κ3) is 9.06. The fraction of sp³-hybridized carbons (Fsp3) is 0.585. The van der Waals surface area contributed by atoms with Crippen LogP contribution in [0.1, 0.15) is 82.6 Å². The predicted octanol–water partition coefficient (Wildman–Crippen LogP) is 3.35. The molecule has 15 nitrogen and oxygen atoms in total. The van der Waals surface area contributed by atoms with Crippen molar-refractivity contribution in [2.24, 2.45) is 11.8 Å². The quantitative estimate of drug-likeness (QED) is 0.145. The molecule has 1 aromatic carbocycles. The number of aromatic nitrogens is 1. The van der Waals surface area contributed by atoms with Crippen molar-refractivity contribution in [3.8, 4) is 5.75 Å². The summed E-state index contributed by atoms with van der Waals surface area (Å²) in [6.45, 7) is 5.37. The number of nitrogens with one attached hydrogen (secondary N) is 4. The van der Waals surface area contributed by atoms with Gasteiger partial charge >= 0.3 is 6.03 Å². The van der Waals surface area contributed by atoms with E-state index in [1.54, 1.807) is 18.1 Å². The lowest BCUT2D eigenvalue weighted by molar-refractivity contribution is -0.142. The van der Waals surface area contributed by atoms with E-state index in [2.05, 4.69) is 26.9 Å². The van der Waals surface area contributed by atoms with Gasteiger partial charge in [-0.1, -0.05) is 37.5 Å². The molecule has 0 unspecified atom stereocenters. The molecule has 0 radical (unpaired) electrons. The van der Waals surface area contributed by atoms with Crippen molar-refractivity contribution < 1.29 is 37.1 Å². The number of likely N-dealkylation sites (tertiary alicyclic amines) is 2. The number of pyridine rings is 1. The normalized spacial score (nSPS) is 24.5. The molecule has 308 valence electrons. The van der Waals surface area contributed by atoms with E-state index in [0.29, 0.717) is 75.2 Å². The van der Waals surface area contributed by atoms with E-state index in [9.17, 15) is 32.4 Å². The van der Waals surface area contributed by atoms with E-state index in [1.807, 2.05) is 30.4 Å². The van der Waals surface area contributed by atoms with Crippen LogP contribution in [0.15, 0.2) is 47.8 Å². The number of methoxy groups -OCH3 is 1. The second kappa shape index (κ2) is 17.0. The Hall–Kier alpha value is -4.70. The van der Waals surface area contributed by atoms with Gasteiger partial charge < -0.3 is 34.9 Å². The number of rotatable bonds is 16. The van der Waals surface area contributed by atoms with Crippen molar-refractivity contribution in [3.63, 3.8) is 0 Å². The van der Waals surface area contributed by atoms with Crippen LogP contribution < -0.4 is 25.7 Å². The van der Waals surface area contributed by atoms with Crippen LogP contribution in [0.5, 0.6) is 5.75 Å². The molecule has 5 aliphatic rings. The highest BCUT2D eigenvalue weighted by atomic mass is 32.2. The van der Waals surface area contributed by atoms with Gasteiger partial charge in [0.2, 0.25) is 21.8 Å². The summed E-state index contributed by atoms with van der Waals surface area (Å²) >= 11 is 0. The highest BCUT2D eigenvalue weighted by molar-refractivity contribution is 7.91. The molecule has 57 heavy (non-hydrogen) atoms. The zero-order chi connectivity index (χ0) is 40.3. The number of carbonyl (C=O) groups excluding carboxylic acids is 4. The van der Waals surface area contributed by atoms with E-state index in [1.165, 1.54) is 11.0 Å². The highest BCUT2D eigenvalue weighted by Gasteiger charge is 2.61. The molecule has 5 fully saturated rings. The molecule has 1 aromatic heterocycles. The third-order valence-corrected chi connectivity index (χ3v) is 14.0. The smallest absolute Gasteiger partial charge is 0.318 e. The molecular weight excluding hydrogens is 753 g/mol. The Balaban J connectivity index is 0.895. The molecule has 7 rings (SSSR count). The molecular formula is C41H54N6O9S. The van der Waals surface area contributed by atoms with E-state index in [4.69, 9.17) is 9.47 Å². The average molecular weight is 807 g/mol. The number of unbranched alkanes of at least 4 members (excludes halogenated alkanes) is 1. The van der Waals surface area contributed by atoms with Gasteiger partial charge in [0.1, 0.15) is 23.4 Å². The number of carbonyl (C=O) groups is 4. The van der Waals surface area contributed by atoms with Crippen molar-refractivity contribution in [2.45, 2.75) is 106 Å². The third-order valence-electron chi connectivity index (χ3n) is 12.1. The van der Waals surface area contributed by atoms with Crippen LogP contribution in [0.3, 0.4) is 0 Å². The number of fused-ring (bicyclic) bond motifs is 1. The van der Waals surface area contributed by atoms with Gasteiger partial charge in [-0.3, -0.25) is 23.9 Å². The number of sulfonamides is 1. The van der Waals surface area contributed by atoms with E-state index < -0.39 is 50.6 Å². The molecule has 16 heteroatoms. The van der Waals surface area contributed by atoms with Crippen LogP contribution in [0.4, 0.5) is 4.79 Å². The number of ether oxygens (including phenoxy) is 2. The topological polar surface area (TPSA) is 196 Å². The summed E-state index contributed by atoms with van der Waals surface area (Å²) in [6.07, 6.45) is 13.3. The zero-order valence-corrected chi connectivity index (χ0v) is 33.3. The first kappa shape index (κ1) is 40.5. The lowest BCUT2D eigenvalue weighted by Gasteiger charge is -2.41. The molecule has 0 spiro atoms. The number of allylic oxidation sites excluding steroid dienone is 1. The summed E-state index contributed by atoms with van der Waals surface area (Å²) < 4.78 is 38.5. The molecule has 3 saturated carbocycles. The Kier molecular flexibility index (Phi) is 12.1. The van der Waals surface area contributed by atoms with Gasteiger partial charge in [0.15, 0.2) is 0 Å². The van der Waals surface area contributed by atoms with Crippen LogP contribution in [0.25, 0.3) is 17.0 Å². The van der Waals surface area contributed by atoms with Crippen molar-refractivity contribution >= 4 is 50.8 Å². The number of H-pyrrole nitrogens is 1. The molecule has 5 amide bonds. The van der Waals surface area contributed by atoms with Gasteiger partial charge in [-0.25, -0.2) is 13.2 Å². The van der Waals surface area contributed by atoms with Gasteiger partial charge in [0.05, 0.1) is 37.1 Å². The minimum atomic E-state index is -3.83. The zero-order valence-electron chi connectivity index (χ0n) is 32.5. The number of benzene rings is 1. The summed E-state index contributed by atoms with van der Waals surface area (Å²) in [6, 6.07) is 5.38. The summed E-state index contributed by atoms with van der Waals surface area (Å²) in [5.74, 6) is -1.44. The Bertz CT molecular complexity index is 2070. The Labute approximate surface area is 333 Å². The summed E-state index contributed by atoms with van der Waals surface area (Å²) in [4.78, 5) is 73.5. The number of hydrogen-bond acceptors (Lipinski definition) is 9. The van der Waals surface area contributed by atoms with Crippen LogP contribution >= 0.6 is 0 Å². The van der Waals surface area contributed by atoms with Gasteiger partial charge in [-0.15, -0.1) is 6.58 Å². The number of nitrogens with zero attached hydrogens (tertiary/aromatic N) is 2. The standard InChI is InChI=1S/C41H54N6O9S/c1-3-29-23-41(29,39(51)45-57(53,54)32-17-18-32)44-37(49)34-14-10-19-47(34)38(50)35(26-11-6-4-7-12-26)43-40(52)46-24-31(25-46)56-20-9-5-8-13-28-21-27-15-16-30(55-2)22-33(27)42-36(28)48/h3,8,13,15-16,21-22,26,29,31-32,34-35H,1,4-7,9-12,14,17-20,23-25H2,2H3,(H,42,48)(H,43,52)(H,44,49)(H,45,51)/b13-8+/t29-,34+,35+,41-/m1/s1. The summed E-state index contributed by atoms with van der Waals surface area (Å²) in [5, 5.41) is 6.15. The molecule has 2 saturated heterocycles. The monoisotopic (exact) mass is 806 g/mol. The molecule has 4 N–H and O–H groups in total. The second-order valence-electron chi connectivity index (χ2n) is 16.1. The van der Waals surface area contributed by atoms with Gasteiger partial charge in [0, 0.05) is 30.7 Å². The van der Waals surface area contributed by atoms with Crippen molar-refractivity contribution in [1.82, 2.24) is 30.1 Å². The molecule has 4 atom stereocenters. The molecule has 2 aromatic rings. The molecule has 0 bridgehead atoms. The maximum Gasteiger partial charge on any atom is 0.318 e. The Morgan fingerprint density at radius 2 is 1.82 bits per heavy atom. The summed E-state index contributed by atoms with van der Waals surface area (Å²) in [7, 11) is -2.24. The average Bonchev–Trinajstić information content (AvgIpc) is 4.11. The first-order chi connectivity index (χ1) is 27.4. The number of urea groups is 1. The lowest BCUT2D eigenvalue weighted by atomic mass is 9.83. The highest BCUT2D eigenvalue weighted by Crippen LogP contribution is 2.45. The van der Waals surface area contributed by atoms with Crippen LogP contribution in [-0.4, -0.2) is 109 Å². The number of amides is 5. The van der Waals surface area contributed by atoms with Crippen LogP contribution in [-0.2, 0) is 29.1 Å². The number of aromatic amines is 1. The first-order valence-electron chi connectivity index (χ1n) is 20.3. The van der Waals surface area contributed by atoms with E-state index in [0.717, 1.165) is 43.9 Å². The van der Waals surface area contributed by atoms with Crippen molar-refractivity contribution in [2.75, 3.05) is 33.4 Å².